The van der Waals surface area contributed by atoms with Crippen molar-refractivity contribution in [1.29, 1.82) is 0 Å². The van der Waals surface area contributed by atoms with Crippen LogP contribution in [0.25, 0.3) is 0 Å². The van der Waals surface area contributed by atoms with Gasteiger partial charge in [0.2, 0.25) is 0 Å². The van der Waals surface area contributed by atoms with E-state index in [1.54, 1.807) is 0 Å². The van der Waals surface area contributed by atoms with Crippen LogP contribution in [0.15, 0.2) is 0 Å². The second kappa shape index (κ2) is 2.37. The van der Waals surface area contributed by atoms with Crippen molar-refractivity contribution in [2.75, 3.05) is 0 Å². The first-order valence-electron chi connectivity index (χ1n) is 3.93. The van der Waals surface area contributed by atoms with E-state index in [4.69, 9.17) is 9.47 Å². The van der Waals surface area contributed by atoms with Gasteiger partial charge in [-0.1, -0.05) is 0 Å². The predicted octanol–water partition coefficient (Wildman–Crippen LogP) is -0.301. The molecule has 0 aliphatic carbocycles. The van der Waals surface area contributed by atoms with Gasteiger partial charge in [-0.3, -0.25) is 9.59 Å². The van der Waals surface area contributed by atoms with Crippen molar-refractivity contribution in [3.8, 4) is 0 Å². The Labute approximate surface area is 69.8 Å². The Bertz CT molecular complexity index is 221. The van der Waals surface area contributed by atoms with Crippen molar-refractivity contribution >= 4 is 11.6 Å². The second-order valence-corrected chi connectivity index (χ2v) is 3.26. The summed E-state index contributed by atoms with van der Waals surface area (Å²) in [6.45, 7) is 2.96. The zero-order chi connectivity index (χ0) is 8.88. The SMILES string of the molecule is CC(=O)[C@@H]1O[C@@H]1[C@H]1O[C@H]1C(C)=O. The first kappa shape index (κ1) is 7.89. The molecule has 2 heterocycles. The third-order valence-electron chi connectivity index (χ3n) is 2.18. The number of carbonyl (C=O) groups is 2. The maximum absolute atomic E-state index is 10.8. The summed E-state index contributed by atoms with van der Waals surface area (Å²) < 4.78 is 10.1. The number of hydrogen-bond acceptors (Lipinski definition) is 4. The summed E-state index contributed by atoms with van der Waals surface area (Å²) in [4.78, 5) is 21.5. The molecule has 4 nitrogen and oxygen atoms in total. The molecule has 0 bridgehead atoms. The summed E-state index contributed by atoms with van der Waals surface area (Å²) in [6.07, 6.45) is -0.952. The van der Waals surface area contributed by atoms with Crippen molar-refractivity contribution in [2.45, 2.75) is 38.3 Å². The number of carbonyl (C=O) groups excluding carboxylic acids is 2. The highest BCUT2D eigenvalue weighted by Crippen LogP contribution is 2.39. The third-order valence-corrected chi connectivity index (χ3v) is 2.18. The molecule has 0 radical (unpaired) electrons. The largest absolute Gasteiger partial charge is 0.358 e. The molecule has 66 valence electrons. The number of Topliss-reactive ketones (excluding diaryl/α,β-unsaturated/α-hetero) is 2. The Hall–Kier alpha value is -0.740. The van der Waals surface area contributed by atoms with E-state index in [1.165, 1.54) is 13.8 Å². The van der Waals surface area contributed by atoms with Crippen LogP contribution < -0.4 is 0 Å². The number of hydrogen-bond donors (Lipinski definition) is 0. The minimum atomic E-state index is -0.320. The van der Waals surface area contributed by atoms with Crippen LogP contribution in [0.4, 0.5) is 0 Å². The lowest BCUT2D eigenvalue weighted by Crippen LogP contribution is -2.14. The van der Waals surface area contributed by atoms with Gasteiger partial charge in [0, 0.05) is 0 Å². The molecule has 0 unspecified atom stereocenters. The van der Waals surface area contributed by atoms with Crippen molar-refractivity contribution in [1.82, 2.24) is 0 Å². The fraction of sp³-hybridized carbons (Fsp3) is 0.750. The van der Waals surface area contributed by atoms with E-state index in [2.05, 4.69) is 0 Å². The lowest BCUT2D eigenvalue weighted by Gasteiger charge is -1.82. The topological polar surface area (TPSA) is 59.2 Å². The Balaban J connectivity index is 1.85. The third kappa shape index (κ3) is 1.17. The second-order valence-electron chi connectivity index (χ2n) is 3.26. The highest BCUT2D eigenvalue weighted by atomic mass is 16.7. The molecule has 0 aromatic rings. The number of ether oxygens (including phenoxy) is 2. The zero-order valence-corrected chi connectivity index (χ0v) is 6.94. The maximum atomic E-state index is 10.8. The van der Waals surface area contributed by atoms with Crippen molar-refractivity contribution < 1.29 is 19.1 Å². The number of rotatable bonds is 3. The van der Waals surface area contributed by atoms with Crippen LogP contribution in [0.2, 0.25) is 0 Å². The molecule has 0 spiro atoms. The molecule has 4 heteroatoms. The Morgan fingerprint density at radius 2 is 1.25 bits per heavy atom. The van der Waals surface area contributed by atoms with Gasteiger partial charge < -0.3 is 9.47 Å². The van der Waals surface area contributed by atoms with Crippen molar-refractivity contribution in [2.24, 2.45) is 0 Å². The Kier molecular flexibility index (Phi) is 1.56. The van der Waals surface area contributed by atoms with E-state index in [1.807, 2.05) is 0 Å². The molecule has 2 rings (SSSR count). The van der Waals surface area contributed by atoms with E-state index in [0.717, 1.165) is 0 Å². The molecule has 0 N–H and O–H groups in total. The van der Waals surface area contributed by atoms with Crippen molar-refractivity contribution in [3.63, 3.8) is 0 Å². The van der Waals surface area contributed by atoms with Gasteiger partial charge in [-0.05, 0) is 13.8 Å². The summed E-state index contributed by atoms with van der Waals surface area (Å²) in [7, 11) is 0. The van der Waals surface area contributed by atoms with Gasteiger partial charge in [-0.25, -0.2) is 0 Å². The number of ketones is 2. The fourth-order valence-corrected chi connectivity index (χ4v) is 1.40. The molecule has 2 fully saturated rings. The lowest BCUT2D eigenvalue weighted by molar-refractivity contribution is -0.119. The summed E-state index contributed by atoms with van der Waals surface area (Å²) >= 11 is 0. The van der Waals surface area contributed by atoms with Crippen LogP contribution in [0.5, 0.6) is 0 Å². The van der Waals surface area contributed by atoms with E-state index >= 15 is 0 Å². The molecule has 2 aliphatic rings. The Morgan fingerprint density at radius 3 is 1.42 bits per heavy atom. The van der Waals surface area contributed by atoms with Crippen molar-refractivity contribution in [3.05, 3.63) is 0 Å². The summed E-state index contributed by atoms with van der Waals surface area (Å²) in [5.74, 6) is 0.0237. The lowest BCUT2D eigenvalue weighted by atomic mass is 10.1. The highest BCUT2D eigenvalue weighted by molar-refractivity contribution is 5.86. The summed E-state index contributed by atoms with van der Waals surface area (Å²) in [5.41, 5.74) is 0. The molecule has 2 aliphatic heterocycles. The van der Waals surface area contributed by atoms with Gasteiger partial charge in [0.05, 0.1) is 0 Å². The Morgan fingerprint density at radius 1 is 0.917 bits per heavy atom. The molecular weight excluding hydrogens is 160 g/mol. The monoisotopic (exact) mass is 170 g/mol. The number of epoxide rings is 2. The van der Waals surface area contributed by atoms with Gasteiger partial charge in [0.25, 0.3) is 0 Å². The molecule has 12 heavy (non-hydrogen) atoms. The maximum Gasteiger partial charge on any atom is 0.161 e. The van der Waals surface area contributed by atoms with Crippen LogP contribution in [0, 0.1) is 0 Å². The molecule has 0 aromatic carbocycles. The van der Waals surface area contributed by atoms with Crippen LogP contribution in [0.1, 0.15) is 13.8 Å². The van der Waals surface area contributed by atoms with Gasteiger partial charge in [-0.15, -0.1) is 0 Å². The molecule has 0 saturated carbocycles. The average molecular weight is 170 g/mol. The minimum absolute atomic E-state index is 0.0119. The molecular formula is C8H10O4. The summed E-state index contributed by atoms with van der Waals surface area (Å²) in [6, 6.07) is 0. The van der Waals surface area contributed by atoms with Crippen LogP contribution in [-0.2, 0) is 19.1 Å². The molecule has 0 aromatic heterocycles. The van der Waals surface area contributed by atoms with Crippen LogP contribution in [0.3, 0.4) is 0 Å². The fourth-order valence-electron chi connectivity index (χ4n) is 1.40. The van der Waals surface area contributed by atoms with E-state index < -0.39 is 0 Å². The smallest absolute Gasteiger partial charge is 0.161 e. The van der Waals surface area contributed by atoms with Gasteiger partial charge >= 0.3 is 0 Å². The van der Waals surface area contributed by atoms with Gasteiger partial charge in [0.15, 0.2) is 11.6 Å². The van der Waals surface area contributed by atoms with Gasteiger partial charge in [-0.2, -0.15) is 0 Å². The van der Waals surface area contributed by atoms with Crippen LogP contribution in [-0.4, -0.2) is 36.0 Å². The highest BCUT2D eigenvalue weighted by Gasteiger charge is 2.60. The summed E-state index contributed by atoms with van der Waals surface area (Å²) in [5, 5.41) is 0. The molecule has 2 saturated heterocycles. The van der Waals surface area contributed by atoms with Crippen LogP contribution >= 0.6 is 0 Å². The first-order chi connectivity index (χ1) is 5.61. The first-order valence-corrected chi connectivity index (χ1v) is 3.93. The van der Waals surface area contributed by atoms with Gasteiger partial charge in [0.1, 0.15) is 24.4 Å². The van der Waals surface area contributed by atoms with E-state index in [-0.39, 0.29) is 36.0 Å². The minimum Gasteiger partial charge on any atom is -0.358 e. The standard InChI is InChI=1S/C8H10O4/c1-3(9)5-7(11-5)8-6(12-8)4(2)10/h5-8H,1-2H3/t5-,6-,7-,8-/m0/s1. The quantitative estimate of drug-likeness (QED) is 0.545. The van der Waals surface area contributed by atoms with E-state index in [9.17, 15) is 9.59 Å². The average Bonchev–Trinajstić information content (AvgIpc) is 2.82. The zero-order valence-electron chi connectivity index (χ0n) is 6.94. The normalized spacial score (nSPS) is 43.8. The predicted molar refractivity (Wildman–Crippen MR) is 38.7 cm³/mol. The molecule has 4 atom stereocenters. The van der Waals surface area contributed by atoms with E-state index in [0.29, 0.717) is 0 Å². The molecule has 0 amide bonds.